The molecule has 0 saturated carbocycles. The molecule has 3 saturated heterocycles. The lowest BCUT2D eigenvalue weighted by molar-refractivity contribution is 0.0685. The van der Waals surface area contributed by atoms with Crippen molar-refractivity contribution in [2.75, 3.05) is 31.9 Å². The molecule has 1 aromatic carbocycles. The predicted molar refractivity (Wildman–Crippen MR) is 94.6 cm³/mol. The number of amides is 1. The van der Waals surface area contributed by atoms with E-state index in [-0.39, 0.29) is 5.91 Å². The van der Waals surface area contributed by atoms with Crippen LogP contribution in [-0.4, -0.2) is 52.9 Å². The van der Waals surface area contributed by atoms with E-state index in [1.54, 1.807) is 12.4 Å². The molecule has 4 heterocycles. The zero-order valence-electron chi connectivity index (χ0n) is 13.7. The van der Waals surface area contributed by atoms with Crippen LogP contribution < -0.4 is 5.73 Å². The van der Waals surface area contributed by atoms with Crippen LogP contribution in [0.2, 0.25) is 0 Å². The first kappa shape index (κ1) is 15.1. The maximum Gasteiger partial charge on any atom is 0.254 e. The second-order valence-electron chi connectivity index (χ2n) is 6.61. The first-order valence-electron chi connectivity index (χ1n) is 8.55. The summed E-state index contributed by atoms with van der Waals surface area (Å²) in [6.07, 6.45) is 5.57. The second-order valence-corrected chi connectivity index (χ2v) is 6.61. The number of piperidine rings is 1. The van der Waals surface area contributed by atoms with Crippen molar-refractivity contribution >= 4 is 11.6 Å². The highest BCUT2D eigenvalue weighted by Gasteiger charge is 2.32. The number of aromatic nitrogens is 1. The van der Waals surface area contributed by atoms with Gasteiger partial charge in [0, 0.05) is 49.5 Å². The van der Waals surface area contributed by atoms with E-state index in [1.807, 2.05) is 30.3 Å². The average Bonchev–Trinajstić information content (AvgIpc) is 2.96. The molecule has 3 fully saturated rings. The lowest BCUT2D eigenvalue weighted by atomic mass is 10.0. The molecular weight excluding hydrogens is 300 g/mol. The van der Waals surface area contributed by atoms with Gasteiger partial charge in [0.05, 0.1) is 11.9 Å². The molecule has 5 heteroatoms. The lowest BCUT2D eigenvalue weighted by Gasteiger charge is -2.31. The Morgan fingerprint density at radius 1 is 1.04 bits per heavy atom. The van der Waals surface area contributed by atoms with E-state index in [2.05, 4.69) is 14.8 Å². The molecule has 0 aliphatic carbocycles. The van der Waals surface area contributed by atoms with E-state index >= 15 is 0 Å². The number of pyridine rings is 1. The van der Waals surface area contributed by atoms with Crippen LogP contribution in [-0.2, 0) is 0 Å². The molecule has 0 spiro atoms. The van der Waals surface area contributed by atoms with Gasteiger partial charge in [-0.2, -0.15) is 0 Å². The molecule has 3 aliphatic rings. The van der Waals surface area contributed by atoms with Crippen molar-refractivity contribution in [2.45, 2.75) is 18.9 Å². The van der Waals surface area contributed by atoms with Gasteiger partial charge in [-0.05, 0) is 36.6 Å². The fraction of sp³-hybridized carbons (Fsp3) is 0.368. The Kier molecular flexibility index (Phi) is 3.94. The Labute approximate surface area is 142 Å². The molecule has 5 rings (SSSR count). The van der Waals surface area contributed by atoms with E-state index in [9.17, 15) is 4.79 Å². The highest BCUT2D eigenvalue weighted by molar-refractivity contribution is 5.95. The van der Waals surface area contributed by atoms with Crippen molar-refractivity contribution in [1.29, 1.82) is 0 Å². The molecule has 1 aromatic heterocycles. The average molecular weight is 322 g/mol. The van der Waals surface area contributed by atoms with Crippen LogP contribution >= 0.6 is 0 Å². The van der Waals surface area contributed by atoms with Gasteiger partial charge in [0.15, 0.2) is 0 Å². The minimum absolute atomic E-state index is 0.151. The number of carbonyl (C=O) groups excluding carboxylic acids is 1. The highest BCUT2D eigenvalue weighted by Crippen LogP contribution is 2.26. The lowest BCUT2D eigenvalue weighted by Crippen LogP contribution is -2.41. The number of fused-ring (bicyclic) bond motifs is 4. The third-order valence-corrected chi connectivity index (χ3v) is 5.21. The topological polar surface area (TPSA) is 62.5 Å². The minimum atomic E-state index is 0.151. The van der Waals surface area contributed by atoms with E-state index < -0.39 is 0 Å². The quantitative estimate of drug-likeness (QED) is 0.921. The van der Waals surface area contributed by atoms with Crippen LogP contribution in [0.1, 0.15) is 23.2 Å². The van der Waals surface area contributed by atoms with E-state index in [1.165, 1.54) is 0 Å². The van der Waals surface area contributed by atoms with Crippen LogP contribution in [0.25, 0.3) is 11.1 Å². The number of hydrogen-bond acceptors (Lipinski definition) is 4. The number of anilines is 1. The first-order valence-corrected chi connectivity index (χ1v) is 8.55. The number of carbonyl (C=O) groups is 1. The molecule has 3 aliphatic heterocycles. The van der Waals surface area contributed by atoms with Crippen LogP contribution in [0.4, 0.5) is 5.69 Å². The summed E-state index contributed by atoms with van der Waals surface area (Å²) in [5.41, 5.74) is 9.35. The Morgan fingerprint density at radius 3 is 2.50 bits per heavy atom. The number of nitrogens with two attached hydrogens (primary N) is 1. The summed E-state index contributed by atoms with van der Waals surface area (Å²) in [4.78, 5) is 21.5. The molecule has 2 bridgehead atoms. The number of nitrogen functional groups attached to an aromatic ring is 1. The zero-order valence-corrected chi connectivity index (χ0v) is 13.7. The molecule has 0 atom stereocenters. The molecule has 1 amide bonds. The Balaban J connectivity index is 1.56. The van der Waals surface area contributed by atoms with Crippen molar-refractivity contribution in [3.8, 4) is 11.1 Å². The number of nitrogens with zero attached hydrogens (tertiary/aromatic N) is 3. The maximum absolute atomic E-state index is 12.9. The van der Waals surface area contributed by atoms with Crippen molar-refractivity contribution in [1.82, 2.24) is 14.8 Å². The SMILES string of the molecule is Nc1cnccc1-c1ccc(C(=O)N2CCN3CCC2CC3)cc1. The summed E-state index contributed by atoms with van der Waals surface area (Å²) in [7, 11) is 0. The molecule has 124 valence electrons. The van der Waals surface area contributed by atoms with Crippen LogP contribution in [0.5, 0.6) is 0 Å². The standard InChI is InChI=1S/C19H22N4O/c20-18-13-21-8-5-17(18)14-1-3-15(4-2-14)19(24)23-12-11-22-9-6-16(23)7-10-22/h1-5,8,13,16H,6-7,9-12,20H2. The third kappa shape index (κ3) is 2.76. The number of hydrogen-bond donors (Lipinski definition) is 1. The smallest absolute Gasteiger partial charge is 0.254 e. The van der Waals surface area contributed by atoms with Crippen molar-refractivity contribution < 1.29 is 4.79 Å². The van der Waals surface area contributed by atoms with Gasteiger partial charge in [0.25, 0.3) is 5.91 Å². The third-order valence-electron chi connectivity index (χ3n) is 5.21. The largest absolute Gasteiger partial charge is 0.397 e. The molecule has 0 unspecified atom stereocenters. The zero-order chi connectivity index (χ0) is 16.5. The van der Waals surface area contributed by atoms with Gasteiger partial charge >= 0.3 is 0 Å². The summed E-state index contributed by atoms with van der Waals surface area (Å²) in [5, 5.41) is 0. The summed E-state index contributed by atoms with van der Waals surface area (Å²) in [5.74, 6) is 0.151. The van der Waals surface area contributed by atoms with E-state index in [4.69, 9.17) is 5.73 Å². The monoisotopic (exact) mass is 322 g/mol. The Hall–Kier alpha value is -2.40. The fourth-order valence-electron chi connectivity index (χ4n) is 3.78. The molecule has 0 radical (unpaired) electrons. The fourth-order valence-corrected chi connectivity index (χ4v) is 3.78. The Bertz CT molecular complexity index is 735. The van der Waals surface area contributed by atoms with Gasteiger partial charge in [-0.15, -0.1) is 0 Å². The van der Waals surface area contributed by atoms with E-state index in [0.29, 0.717) is 11.7 Å². The number of benzene rings is 1. The van der Waals surface area contributed by atoms with Gasteiger partial charge in [-0.25, -0.2) is 0 Å². The second kappa shape index (κ2) is 6.24. The van der Waals surface area contributed by atoms with Crippen LogP contribution in [0.15, 0.2) is 42.7 Å². The Morgan fingerprint density at radius 2 is 1.79 bits per heavy atom. The van der Waals surface area contributed by atoms with Crippen molar-refractivity contribution in [3.05, 3.63) is 48.3 Å². The molecule has 24 heavy (non-hydrogen) atoms. The minimum Gasteiger partial charge on any atom is -0.397 e. The maximum atomic E-state index is 12.9. The van der Waals surface area contributed by atoms with E-state index in [0.717, 1.165) is 55.7 Å². The normalized spacial score (nSPS) is 23.1. The highest BCUT2D eigenvalue weighted by atomic mass is 16.2. The molecule has 2 N–H and O–H groups in total. The van der Waals surface area contributed by atoms with Crippen molar-refractivity contribution in [2.24, 2.45) is 0 Å². The molecule has 2 aromatic rings. The van der Waals surface area contributed by atoms with Gasteiger partial charge in [-0.3, -0.25) is 9.78 Å². The summed E-state index contributed by atoms with van der Waals surface area (Å²) in [6.45, 7) is 4.07. The molecule has 5 nitrogen and oxygen atoms in total. The first-order chi connectivity index (χ1) is 11.7. The summed E-state index contributed by atoms with van der Waals surface area (Å²) >= 11 is 0. The van der Waals surface area contributed by atoms with Gasteiger partial charge in [0.2, 0.25) is 0 Å². The molecular formula is C19H22N4O. The van der Waals surface area contributed by atoms with Gasteiger partial charge in [-0.1, -0.05) is 12.1 Å². The van der Waals surface area contributed by atoms with Crippen molar-refractivity contribution in [3.63, 3.8) is 0 Å². The van der Waals surface area contributed by atoms with Gasteiger partial charge in [0.1, 0.15) is 0 Å². The van der Waals surface area contributed by atoms with Crippen LogP contribution in [0, 0.1) is 0 Å². The summed E-state index contributed by atoms with van der Waals surface area (Å²) < 4.78 is 0. The van der Waals surface area contributed by atoms with Crippen LogP contribution in [0.3, 0.4) is 0 Å². The summed E-state index contributed by atoms with van der Waals surface area (Å²) in [6, 6.07) is 10.1. The predicted octanol–water partition coefficient (Wildman–Crippen LogP) is 2.25. The number of rotatable bonds is 2. The van der Waals surface area contributed by atoms with Gasteiger partial charge < -0.3 is 15.5 Å².